The zero-order chi connectivity index (χ0) is 15.8. The van der Waals surface area contributed by atoms with Gasteiger partial charge in [-0.2, -0.15) is 0 Å². The molecule has 0 aromatic heterocycles. The molecule has 0 amide bonds. The van der Waals surface area contributed by atoms with Crippen LogP contribution in [-0.4, -0.2) is 57.1 Å². The Labute approximate surface area is 118 Å². The molecule has 8 nitrogen and oxygen atoms in total. The maximum atomic E-state index is 11.7. The Morgan fingerprint density at radius 2 is 1.90 bits per heavy atom. The van der Waals surface area contributed by atoms with Gasteiger partial charge in [-0.05, 0) is 20.3 Å². The minimum Gasteiger partial charge on any atom is -0.480 e. The van der Waals surface area contributed by atoms with Crippen LogP contribution in [0.3, 0.4) is 0 Å². The number of carboxylic acid groups (broad SMARTS) is 1. The first-order chi connectivity index (χ1) is 9.18. The molecular weight excluding hydrogens is 290 g/mol. The monoisotopic (exact) mass is 311 g/mol. The molecule has 0 heterocycles. The first-order valence-electron chi connectivity index (χ1n) is 6.09. The van der Waals surface area contributed by atoms with Crippen LogP contribution in [0.15, 0.2) is 0 Å². The Morgan fingerprint density at radius 1 is 1.30 bits per heavy atom. The van der Waals surface area contributed by atoms with E-state index in [0.29, 0.717) is 0 Å². The molecule has 0 spiro atoms. The van der Waals surface area contributed by atoms with E-state index in [1.54, 1.807) is 13.8 Å². The molecule has 0 saturated carbocycles. The summed E-state index contributed by atoms with van der Waals surface area (Å²) in [5.74, 6) is -2.28. The van der Waals surface area contributed by atoms with Crippen molar-refractivity contribution >= 4 is 22.0 Å². The van der Waals surface area contributed by atoms with Gasteiger partial charge in [-0.1, -0.05) is 0 Å². The van der Waals surface area contributed by atoms with E-state index in [1.807, 2.05) is 4.72 Å². The van der Waals surface area contributed by atoms with Crippen molar-refractivity contribution in [1.82, 2.24) is 4.72 Å². The van der Waals surface area contributed by atoms with Crippen LogP contribution in [0.25, 0.3) is 0 Å². The summed E-state index contributed by atoms with van der Waals surface area (Å²) in [7, 11) is -2.61. The Balaban J connectivity index is 4.42. The van der Waals surface area contributed by atoms with Gasteiger partial charge in [-0.3, -0.25) is 9.59 Å². The standard InChI is InChI=1S/C11H21NO7S/c1-8(2)19-6-7-20(16,17)12-9(11(14)15)4-5-10(13)18-3/h8-9,12H,4-7H2,1-3H3,(H,14,15). The van der Waals surface area contributed by atoms with Crippen molar-refractivity contribution in [2.24, 2.45) is 0 Å². The number of sulfonamides is 1. The van der Waals surface area contributed by atoms with Crippen LogP contribution < -0.4 is 4.72 Å². The highest BCUT2D eigenvalue weighted by Gasteiger charge is 2.24. The van der Waals surface area contributed by atoms with E-state index in [0.717, 1.165) is 0 Å². The molecular formula is C11H21NO7S. The first-order valence-corrected chi connectivity index (χ1v) is 7.74. The second kappa shape index (κ2) is 8.88. The lowest BCUT2D eigenvalue weighted by Crippen LogP contribution is -2.42. The Bertz CT molecular complexity index is 418. The molecule has 0 aromatic carbocycles. The van der Waals surface area contributed by atoms with Crippen molar-refractivity contribution in [2.45, 2.75) is 38.8 Å². The van der Waals surface area contributed by atoms with Crippen LogP contribution in [-0.2, 0) is 29.1 Å². The van der Waals surface area contributed by atoms with Crippen LogP contribution in [0.5, 0.6) is 0 Å². The summed E-state index contributed by atoms with van der Waals surface area (Å²) >= 11 is 0. The van der Waals surface area contributed by atoms with E-state index in [-0.39, 0.29) is 31.3 Å². The number of hydrogen-bond donors (Lipinski definition) is 2. The largest absolute Gasteiger partial charge is 0.480 e. The molecule has 20 heavy (non-hydrogen) atoms. The lowest BCUT2D eigenvalue weighted by molar-refractivity contribution is -0.142. The van der Waals surface area contributed by atoms with E-state index in [4.69, 9.17) is 9.84 Å². The third-order valence-electron chi connectivity index (χ3n) is 2.29. The van der Waals surface area contributed by atoms with Gasteiger partial charge in [0.1, 0.15) is 6.04 Å². The van der Waals surface area contributed by atoms with Gasteiger partial charge in [0.05, 0.1) is 25.6 Å². The van der Waals surface area contributed by atoms with Gasteiger partial charge in [0, 0.05) is 6.42 Å². The Morgan fingerprint density at radius 3 is 2.35 bits per heavy atom. The third-order valence-corrected chi connectivity index (χ3v) is 3.64. The second-order valence-electron chi connectivity index (χ2n) is 4.36. The second-order valence-corrected chi connectivity index (χ2v) is 6.24. The normalized spacial score (nSPS) is 13.2. The maximum Gasteiger partial charge on any atom is 0.321 e. The number of carbonyl (C=O) groups is 2. The minimum atomic E-state index is -3.78. The van der Waals surface area contributed by atoms with E-state index >= 15 is 0 Å². The van der Waals surface area contributed by atoms with Crippen molar-refractivity contribution in [3.63, 3.8) is 0 Å². The smallest absolute Gasteiger partial charge is 0.321 e. The molecule has 0 radical (unpaired) electrons. The fourth-order valence-electron chi connectivity index (χ4n) is 1.27. The molecule has 0 bridgehead atoms. The average molecular weight is 311 g/mol. The van der Waals surface area contributed by atoms with E-state index in [1.165, 1.54) is 7.11 Å². The molecule has 0 aliphatic rings. The van der Waals surface area contributed by atoms with Gasteiger partial charge in [-0.15, -0.1) is 0 Å². The highest BCUT2D eigenvalue weighted by atomic mass is 32.2. The molecule has 118 valence electrons. The number of carbonyl (C=O) groups excluding carboxylic acids is 1. The molecule has 0 rings (SSSR count). The maximum absolute atomic E-state index is 11.7. The number of carboxylic acids is 1. The number of aliphatic carboxylic acids is 1. The van der Waals surface area contributed by atoms with Gasteiger partial charge in [0.2, 0.25) is 10.0 Å². The SMILES string of the molecule is COC(=O)CCC(NS(=O)(=O)CCOC(C)C)C(=O)O. The number of methoxy groups -OCH3 is 1. The zero-order valence-electron chi connectivity index (χ0n) is 11.8. The first kappa shape index (κ1) is 18.8. The summed E-state index contributed by atoms with van der Waals surface area (Å²) in [5, 5.41) is 8.93. The molecule has 0 saturated heterocycles. The van der Waals surface area contributed by atoms with Gasteiger partial charge < -0.3 is 14.6 Å². The molecule has 1 unspecified atom stereocenters. The number of esters is 1. The van der Waals surface area contributed by atoms with E-state index in [2.05, 4.69) is 4.74 Å². The lowest BCUT2D eigenvalue weighted by atomic mass is 10.2. The number of hydrogen-bond acceptors (Lipinski definition) is 6. The summed E-state index contributed by atoms with van der Waals surface area (Å²) in [5.41, 5.74) is 0. The van der Waals surface area contributed by atoms with Crippen molar-refractivity contribution in [1.29, 1.82) is 0 Å². The Hall–Kier alpha value is -1.19. The van der Waals surface area contributed by atoms with Crippen molar-refractivity contribution in [2.75, 3.05) is 19.5 Å². The summed E-state index contributed by atoms with van der Waals surface area (Å²) in [6.07, 6.45) is -0.468. The summed E-state index contributed by atoms with van der Waals surface area (Å²) in [4.78, 5) is 21.9. The predicted molar refractivity (Wildman–Crippen MR) is 70.7 cm³/mol. The number of rotatable bonds is 10. The summed E-state index contributed by atoms with van der Waals surface area (Å²) in [6.45, 7) is 3.49. The zero-order valence-corrected chi connectivity index (χ0v) is 12.6. The van der Waals surface area contributed by atoms with Gasteiger partial charge in [-0.25, -0.2) is 13.1 Å². The minimum absolute atomic E-state index is 0.0314. The van der Waals surface area contributed by atoms with Crippen molar-refractivity contribution < 1.29 is 32.6 Å². The van der Waals surface area contributed by atoms with E-state index in [9.17, 15) is 18.0 Å². The molecule has 9 heteroatoms. The van der Waals surface area contributed by atoms with Crippen LogP contribution in [0.2, 0.25) is 0 Å². The molecule has 0 aliphatic heterocycles. The van der Waals surface area contributed by atoms with Gasteiger partial charge in [0.25, 0.3) is 0 Å². The van der Waals surface area contributed by atoms with Crippen LogP contribution in [0.4, 0.5) is 0 Å². The highest BCUT2D eigenvalue weighted by molar-refractivity contribution is 7.89. The molecule has 0 aromatic rings. The van der Waals surface area contributed by atoms with Gasteiger partial charge in [0.15, 0.2) is 0 Å². The summed E-state index contributed by atoms with van der Waals surface area (Å²) < 4.78 is 34.8. The fourth-order valence-corrected chi connectivity index (χ4v) is 2.35. The molecule has 0 fully saturated rings. The fraction of sp³-hybridized carbons (Fsp3) is 0.818. The Kier molecular flexibility index (Phi) is 8.35. The van der Waals surface area contributed by atoms with E-state index < -0.39 is 28.0 Å². The van der Waals surface area contributed by atoms with Crippen molar-refractivity contribution in [3.05, 3.63) is 0 Å². The molecule has 0 aliphatic carbocycles. The van der Waals surface area contributed by atoms with Gasteiger partial charge >= 0.3 is 11.9 Å². The highest BCUT2D eigenvalue weighted by Crippen LogP contribution is 2.02. The predicted octanol–water partition coefficient (Wildman–Crippen LogP) is -0.263. The third kappa shape index (κ3) is 8.83. The summed E-state index contributed by atoms with van der Waals surface area (Å²) in [6, 6.07) is -1.36. The number of nitrogens with one attached hydrogen (secondary N) is 1. The topological polar surface area (TPSA) is 119 Å². The molecule has 1 atom stereocenters. The van der Waals surface area contributed by atoms with Crippen molar-refractivity contribution in [3.8, 4) is 0 Å². The quantitative estimate of drug-likeness (QED) is 0.533. The number of ether oxygens (including phenoxy) is 2. The van der Waals surface area contributed by atoms with Crippen LogP contribution in [0, 0.1) is 0 Å². The van der Waals surface area contributed by atoms with Crippen LogP contribution >= 0.6 is 0 Å². The molecule has 2 N–H and O–H groups in total. The lowest BCUT2D eigenvalue weighted by Gasteiger charge is -2.14. The van der Waals surface area contributed by atoms with Crippen LogP contribution in [0.1, 0.15) is 26.7 Å². The average Bonchev–Trinajstić information content (AvgIpc) is 2.32.